The Morgan fingerprint density at radius 3 is 2.58 bits per heavy atom. The number of aromatic nitrogens is 2. The smallest absolute Gasteiger partial charge is 0.269 e. The Kier molecular flexibility index (Phi) is 5.47. The predicted octanol–water partition coefficient (Wildman–Crippen LogP) is 2.79. The standard InChI is InChI=1S/C17H20N4O3/c1-4-20-12-15(13(2)18-20)11-19(3)17(22)10-7-14-5-8-16(9-6-14)21(23)24/h5-10,12H,4,11H2,1-3H3. The molecular formula is C17H20N4O3. The lowest BCUT2D eigenvalue weighted by Gasteiger charge is -2.14. The average molecular weight is 328 g/mol. The lowest BCUT2D eigenvalue weighted by molar-refractivity contribution is -0.384. The van der Waals surface area contributed by atoms with Crippen molar-refractivity contribution in [3.63, 3.8) is 0 Å². The van der Waals surface area contributed by atoms with Crippen LogP contribution in [0.5, 0.6) is 0 Å². The van der Waals surface area contributed by atoms with Gasteiger partial charge in [-0.3, -0.25) is 19.6 Å². The number of rotatable bonds is 6. The summed E-state index contributed by atoms with van der Waals surface area (Å²) in [6.45, 7) is 5.21. The topological polar surface area (TPSA) is 81.3 Å². The van der Waals surface area contributed by atoms with Crippen LogP contribution in [0.25, 0.3) is 6.08 Å². The summed E-state index contributed by atoms with van der Waals surface area (Å²) in [7, 11) is 1.73. The average Bonchev–Trinajstić information content (AvgIpc) is 2.92. The van der Waals surface area contributed by atoms with Crippen LogP contribution in [-0.2, 0) is 17.9 Å². The van der Waals surface area contributed by atoms with Gasteiger partial charge in [0.2, 0.25) is 5.91 Å². The summed E-state index contributed by atoms with van der Waals surface area (Å²) in [5.41, 5.74) is 2.68. The van der Waals surface area contributed by atoms with Crippen LogP contribution in [-0.4, -0.2) is 32.6 Å². The molecule has 1 aromatic carbocycles. The molecule has 2 rings (SSSR count). The summed E-state index contributed by atoms with van der Waals surface area (Å²) in [5.74, 6) is -0.142. The minimum atomic E-state index is -0.453. The van der Waals surface area contributed by atoms with Crippen LogP contribution in [0.1, 0.15) is 23.7 Å². The van der Waals surface area contributed by atoms with Crippen molar-refractivity contribution < 1.29 is 9.72 Å². The van der Waals surface area contributed by atoms with E-state index in [1.165, 1.54) is 18.2 Å². The monoisotopic (exact) mass is 328 g/mol. The molecule has 0 radical (unpaired) electrons. The van der Waals surface area contributed by atoms with E-state index in [4.69, 9.17) is 0 Å². The normalized spacial score (nSPS) is 11.0. The van der Waals surface area contributed by atoms with Gasteiger partial charge in [0.25, 0.3) is 5.69 Å². The van der Waals surface area contributed by atoms with Crippen LogP contribution in [0.4, 0.5) is 5.69 Å². The molecule has 2 aromatic rings. The van der Waals surface area contributed by atoms with Crippen LogP contribution >= 0.6 is 0 Å². The molecule has 0 aliphatic carbocycles. The van der Waals surface area contributed by atoms with Gasteiger partial charge in [-0.05, 0) is 37.6 Å². The molecule has 1 aromatic heterocycles. The first kappa shape index (κ1) is 17.4. The van der Waals surface area contributed by atoms with E-state index in [1.54, 1.807) is 30.2 Å². The number of hydrogen-bond donors (Lipinski definition) is 0. The maximum atomic E-state index is 12.2. The number of non-ortho nitro benzene ring substituents is 1. The highest BCUT2D eigenvalue weighted by Gasteiger charge is 2.10. The SMILES string of the molecule is CCn1cc(CN(C)C(=O)C=Cc2ccc([N+](=O)[O-])cc2)c(C)n1. The van der Waals surface area contributed by atoms with Crippen molar-refractivity contribution in [1.29, 1.82) is 0 Å². The summed E-state index contributed by atoms with van der Waals surface area (Å²) in [6.07, 6.45) is 5.05. The molecule has 24 heavy (non-hydrogen) atoms. The molecule has 7 heteroatoms. The van der Waals surface area contributed by atoms with Gasteiger partial charge in [0.15, 0.2) is 0 Å². The van der Waals surface area contributed by atoms with Gasteiger partial charge in [-0.25, -0.2) is 0 Å². The highest BCUT2D eigenvalue weighted by atomic mass is 16.6. The molecule has 0 saturated carbocycles. The number of nitro benzene ring substituents is 1. The molecule has 1 amide bonds. The zero-order chi connectivity index (χ0) is 17.7. The fourth-order valence-corrected chi connectivity index (χ4v) is 2.21. The van der Waals surface area contributed by atoms with E-state index in [0.29, 0.717) is 6.54 Å². The van der Waals surface area contributed by atoms with Crippen molar-refractivity contribution in [2.75, 3.05) is 7.05 Å². The number of nitro groups is 1. The van der Waals surface area contributed by atoms with Crippen molar-refractivity contribution in [3.8, 4) is 0 Å². The molecule has 0 spiro atoms. The Labute approximate surface area is 140 Å². The van der Waals surface area contributed by atoms with Crippen molar-refractivity contribution in [2.45, 2.75) is 26.9 Å². The first-order valence-electron chi connectivity index (χ1n) is 7.61. The first-order valence-corrected chi connectivity index (χ1v) is 7.61. The molecular weight excluding hydrogens is 308 g/mol. The first-order chi connectivity index (χ1) is 11.4. The maximum Gasteiger partial charge on any atom is 0.269 e. The van der Waals surface area contributed by atoms with E-state index < -0.39 is 4.92 Å². The lowest BCUT2D eigenvalue weighted by atomic mass is 10.2. The summed E-state index contributed by atoms with van der Waals surface area (Å²) >= 11 is 0. The van der Waals surface area contributed by atoms with Crippen LogP contribution in [0.15, 0.2) is 36.5 Å². The molecule has 0 atom stereocenters. The van der Waals surface area contributed by atoms with Crippen molar-refractivity contribution >= 4 is 17.7 Å². The van der Waals surface area contributed by atoms with Crippen molar-refractivity contribution in [3.05, 3.63) is 63.5 Å². The number of amides is 1. The van der Waals surface area contributed by atoms with Crippen LogP contribution in [0, 0.1) is 17.0 Å². The molecule has 7 nitrogen and oxygen atoms in total. The summed E-state index contributed by atoms with van der Waals surface area (Å²) < 4.78 is 1.84. The molecule has 0 N–H and O–H groups in total. The van der Waals surface area contributed by atoms with Gasteiger partial charge in [0, 0.05) is 50.1 Å². The third-order valence-electron chi connectivity index (χ3n) is 3.68. The van der Waals surface area contributed by atoms with Gasteiger partial charge in [0.05, 0.1) is 10.6 Å². The van der Waals surface area contributed by atoms with E-state index in [9.17, 15) is 14.9 Å². The Bertz CT molecular complexity index is 763. The molecule has 0 saturated heterocycles. The van der Waals surface area contributed by atoms with E-state index in [0.717, 1.165) is 23.4 Å². The third-order valence-corrected chi connectivity index (χ3v) is 3.68. The van der Waals surface area contributed by atoms with Crippen molar-refractivity contribution in [2.24, 2.45) is 0 Å². The molecule has 0 fully saturated rings. The largest absolute Gasteiger partial charge is 0.338 e. The Morgan fingerprint density at radius 1 is 1.38 bits per heavy atom. The maximum absolute atomic E-state index is 12.2. The van der Waals surface area contributed by atoms with Gasteiger partial charge in [-0.1, -0.05) is 0 Å². The lowest BCUT2D eigenvalue weighted by Crippen LogP contribution is -2.24. The van der Waals surface area contributed by atoms with Gasteiger partial charge in [-0.15, -0.1) is 0 Å². The van der Waals surface area contributed by atoms with Crippen LogP contribution < -0.4 is 0 Å². The number of nitrogens with zero attached hydrogens (tertiary/aromatic N) is 4. The van der Waals surface area contributed by atoms with Gasteiger partial charge in [0.1, 0.15) is 0 Å². The van der Waals surface area contributed by atoms with Gasteiger partial charge >= 0.3 is 0 Å². The second-order valence-corrected chi connectivity index (χ2v) is 5.47. The third kappa shape index (κ3) is 4.28. The second-order valence-electron chi connectivity index (χ2n) is 5.47. The minimum Gasteiger partial charge on any atom is -0.338 e. The Morgan fingerprint density at radius 2 is 2.04 bits per heavy atom. The highest BCUT2D eigenvalue weighted by Crippen LogP contribution is 2.13. The number of benzene rings is 1. The quantitative estimate of drug-likeness (QED) is 0.464. The number of aryl methyl sites for hydroxylation is 2. The molecule has 0 bridgehead atoms. The van der Waals surface area contributed by atoms with E-state index in [1.807, 2.05) is 24.7 Å². The zero-order valence-electron chi connectivity index (χ0n) is 14.0. The number of carbonyl (C=O) groups is 1. The summed E-state index contributed by atoms with van der Waals surface area (Å²) in [5, 5.41) is 15.0. The van der Waals surface area contributed by atoms with Gasteiger partial charge in [-0.2, -0.15) is 5.10 Å². The molecule has 0 unspecified atom stereocenters. The second kappa shape index (κ2) is 7.54. The Hall–Kier alpha value is -2.96. The number of carbonyl (C=O) groups excluding carboxylic acids is 1. The van der Waals surface area contributed by atoms with E-state index in [2.05, 4.69) is 5.10 Å². The minimum absolute atomic E-state index is 0.0269. The Balaban J connectivity index is 1.99. The van der Waals surface area contributed by atoms with Gasteiger partial charge < -0.3 is 4.90 Å². The van der Waals surface area contributed by atoms with Crippen molar-refractivity contribution in [1.82, 2.24) is 14.7 Å². The molecule has 126 valence electrons. The van der Waals surface area contributed by atoms with E-state index >= 15 is 0 Å². The van der Waals surface area contributed by atoms with Crippen LogP contribution in [0.3, 0.4) is 0 Å². The zero-order valence-corrected chi connectivity index (χ0v) is 14.0. The molecule has 0 aliphatic heterocycles. The fourth-order valence-electron chi connectivity index (χ4n) is 2.21. The highest BCUT2D eigenvalue weighted by molar-refractivity contribution is 5.91. The number of hydrogen-bond acceptors (Lipinski definition) is 4. The van der Waals surface area contributed by atoms with Crippen LogP contribution in [0.2, 0.25) is 0 Å². The molecule has 1 heterocycles. The molecule has 0 aliphatic rings. The summed E-state index contributed by atoms with van der Waals surface area (Å²) in [4.78, 5) is 23.9. The summed E-state index contributed by atoms with van der Waals surface area (Å²) in [6, 6.07) is 6.04. The van der Waals surface area contributed by atoms with E-state index in [-0.39, 0.29) is 11.6 Å². The number of likely N-dealkylation sites (N-methyl/N-ethyl adjacent to an activating group) is 1. The fraction of sp³-hybridized carbons (Fsp3) is 0.294. The predicted molar refractivity (Wildman–Crippen MR) is 91.2 cm³/mol.